The Morgan fingerprint density at radius 1 is 0.923 bits per heavy atom. The van der Waals surface area contributed by atoms with Gasteiger partial charge in [-0.1, -0.05) is 24.3 Å². The van der Waals surface area contributed by atoms with Crippen LogP contribution in [0, 0.1) is 0 Å². The summed E-state index contributed by atoms with van der Waals surface area (Å²) in [5, 5.41) is 0. The van der Waals surface area contributed by atoms with Crippen LogP contribution in [0.4, 0.5) is 5.69 Å². The predicted molar refractivity (Wildman–Crippen MR) is 102 cm³/mol. The highest BCUT2D eigenvalue weighted by Gasteiger charge is 2.26. The lowest BCUT2D eigenvalue weighted by Crippen LogP contribution is -2.37. The standard InChI is InChI=1S/C19H21N3O3S/c1-26(23,24)22-12-6-11-21(13-14-22)19-15-7-2-4-9-17(15)25-18-10-5-3-8-16(18)20-19/h2-5,7-10H,6,11-14H2,1H3. The van der Waals surface area contributed by atoms with Crippen LogP contribution in [0.3, 0.4) is 0 Å². The number of nitrogens with zero attached hydrogens (tertiary/aromatic N) is 3. The summed E-state index contributed by atoms with van der Waals surface area (Å²) in [5.41, 5.74) is 1.71. The number of amidine groups is 1. The van der Waals surface area contributed by atoms with Gasteiger partial charge in [-0.3, -0.25) is 0 Å². The third-order valence-corrected chi connectivity index (χ3v) is 5.97. The molecule has 0 spiro atoms. The Morgan fingerprint density at radius 3 is 2.46 bits per heavy atom. The molecular weight excluding hydrogens is 350 g/mol. The minimum absolute atomic E-state index is 0.461. The lowest BCUT2D eigenvalue weighted by Gasteiger charge is -2.25. The van der Waals surface area contributed by atoms with E-state index < -0.39 is 10.0 Å². The van der Waals surface area contributed by atoms with Crippen LogP contribution < -0.4 is 4.74 Å². The van der Waals surface area contributed by atoms with Crippen molar-refractivity contribution in [3.8, 4) is 11.5 Å². The van der Waals surface area contributed by atoms with Gasteiger partial charge in [0.1, 0.15) is 17.3 Å². The lowest BCUT2D eigenvalue weighted by molar-refractivity contribution is 0.410. The summed E-state index contributed by atoms with van der Waals surface area (Å²) in [5.74, 6) is 2.32. The molecule has 1 fully saturated rings. The van der Waals surface area contributed by atoms with E-state index in [4.69, 9.17) is 9.73 Å². The Morgan fingerprint density at radius 2 is 1.65 bits per heavy atom. The van der Waals surface area contributed by atoms with Gasteiger partial charge in [0.25, 0.3) is 0 Å². The normalized spacial score (nSPS) is 18.0. The smallest absolute Gasteiger partial charge is 0.211 e. The highest BCUT2D eigenvalue weighted by atomic mass is 32.2. The fourth-order valence-corrected chi connectivity index (χ4v) is 4.22. The maximum absolute atomic E-state index is 11.9. The van der Waals surface area contributed by atoms with E-state index in [1.54, 1.807) is 4.31 Å². The Kier molecular flexibility index (Phi) is 4.42. The second-order valence-corrected chi connectivity index (χ2v) is 8.49. The summed E-state index contributed by atoms with van der Waals surface area (Å²) in [6, 6.07) is 15.6. The molecule has 26 heavy (non-hydrogen) atoms. The molecule has 2 aromatic carbocycles. The summed E-state index contributed by atoms with van der Waals surface area (Å²) < 4.78 is 31.4. The van der Waals surface area contributed by atoms with Crippen molar-refractivity contribution in [3.63, 3.8) is 0 Å². The molecule has 2 aliphatic heterocycles. The first kappa shape index (κ1) is 17.1. The molecular formula is C19H21N3O3S. The average Bonchev–Trinajstić information content (AvgIpc) is 2.96. The molecule has 0 atom stereocenters. The third kappa shape index (κ3) is 3.32. The van der Waals surface area contributed by atoms with Crippen LogP contribution in [-0.2, 0) is 10.0 Å². The number of sulfonamides is 1. The van der Waals surface area contributed by atoms with Gasteiger partial charge in [0.2, 0.25) is 10.0 Å². The predicted octanol–water partition coefficient (Wildman–Crippen LogP) is 2.84. The van der Waals surface area contributed by atoms with Crippen molar-refractivity contribution in [2.45, 2.75) is 6.42 Å². The first-order valence-electron chi connectivity index (χ1n) is 8.67. The van der Waals surface area contributed by atoms with Crippen molar-refractivity contribution >= 4 is 21.5 Å². The number of fused-ring (bicyclic) bond motifs is 2. The van der Waals surface area contributed by atoms with Crippen molar-refractivity contribution < 1.29 is 13.2 Å². The molecule has 0 radical (unpaired) electrons. The molecule has 1 saturated heterocycles. The fraction of sp³-hybridized carbons (Fsp3) is 0.316. The molecule has 7 heteroatoms. The molecule has 136 valence electrons. The zero-order valence-corrected chi connectivity index (χ0v) is 15.4. The molecule has 0 aromatic heterocycles. The van der Waals surface area contributed by atoms with E-state index in [-0.39, 0.29) is 0 Å². The quantitative estimate of drug-likeness (QED) is 0.773. The van der Waals surface area contributed by atoms with E-state index in [9.17, 15) is 8.42 Å². The van der Waals surface area contributed by atoms with Gasteiger partial charge in [0, 0.05) is 26.2 Å². The van der Waals surface area contributed by atoms with Gasteiger partial charge >= 0.3 is 0 Å². The molecule has 0 saturated carbocycles. The molecule has 2 aliphatic rings. The van der Waals surface area contributed by atoms with E-state index in [1.165, 1.54) is 6.26 Å². The van der Waals surface area contributed by atoms with Crippen LogP contribution in [0.1, 0.15) is 12.0 Å². The molecule has 0 aliphatic carbocycles. The molecule has 6 nitrogen and oxygen atoms in total. The second kappa shape index (κ2) is 6.74. The molecule has 0 amide bonds. The minimum atomic E-state index is -3.18. The second-order valence-electron chi connectivity index (χ2n) is 6.50. The van der Waals surface area contributed by atoms with Crippen LogP contribution in [0.2, 0.25) is 0 Å². The topological polar surface area (TPSA) is 62.2 Å². The number of ether oxygens (including phenoxy) is 1. The first-order chi connectivity index (χ1) is 12.5. The van der Waals surface area contributed by atoms with Gasteiger partial charge in [-0.15, -0.1) is 0 Å². The van der Waals surface area contributed by atoms with Gasteiger partial charge in [0.15, 0.2) is 5.75 Å². The van der Waals surface area contributed by atoms with Gasteiger partial charge in [-0.2, -0.15) is 0 Å². The first-order valence-corrected chi connectivity index (χ1v) is 10.5. The van der Waals surface area contributed by atoms with Crippen molar-refractivity contribution in [3.05, 3.63) is 54.1 Å². The largest absolute Gasteiger partial charge is 0.454 e. The Hall–Kier alpha value is -2.38. The van der Waals surface area contributed by atoms with E-state index in [1.807, 2.05) is 48.5 Å². The number of rotatable bonds is 1. The van der Waals surface area contributed by atoms with Crippen LogP contribution in [0.5, 0.6) is 11.5 Å². The zero-order valence-electron chi connectivity index (χ0n) is 14.6. The van der Waals surface area contributed by atoms with Gasteiger partial charge in [-0.05, 0) is 30.7 Å². The SMILES string of the molecule is CS(=O)(=O)N1CCCN(C2=Nc3ccccc3Oc3ccccc32)CC1. The fourth-order valence-electron chi connectivity index (χ4n) is 3.35. The molecule has 2 aromatic rings. The van der Waals surface area contributed by atoms with E-state index in [2.05, 4.69) is 4.90 Å². The summed E-state index contributed by atoms with van der Waals surface area (Å²) >= 11 is 0. The van der Waals surface area contributed by atoms with Crippen molar-refractivity contribution in [1.82, 2.24) is 9.21 Å². The maximum atomic E-state index is 11.9. The summed E-state index contributed by atoms with van der Waals surface area (Å²) in [6.07, 6.45) is 2.03. The monoisotopic (exact) mass is 371 g/mol. The van der Waals surface area contributed by atoms with Crippen LogP contribution in [0.15, 0.2) is 53.5 Å². The zero-order chi connectivity index (χ0) is 18.1. The Bertz CT molecular complexity index is 956. The summed E-state index contributed by atoms with van der Waals surface area (Å²) in [4.78, 5) is 7.04. The number of para-hydroxylation sites is 3. The van der Waals surface area contributed by atoms with E-state index >= 15 is 0 Å². The van der Waals surface area contributed by atoms with Crippen LogP contribution in [-0.4, -0.2) is 55.9 Å². The minimum Gasteiger partial charge on any atom is -0.454 e. The van der Waals surface area contributed by atoms with Crippen LogP contribution in [0.25, 0.3) is 0 Å². The molecule has 0 unspecified atom stereocenters. The number of benzene rings is 2. The highest BCUT2D eigenvalue weighted by molar-refractivity contribution is 7.88. The lowest BCUT2D eigenvalue weighted by atomic mass is 10.1. The number of aliphatic imine (C=N–C) groups is 1. The molecule has 0 bridgehead atoms. The van der Waals surface area contributed by atoms with E-state index in [0.29, 0.717) is 19.6 Å². The number of hydrogen-bond acceptors (Lipinski definition) is 5. The van der Waals surface area contributed by atoms with Gasteiger partial charge in [-0.25, -0.2) is 17.7 Å². The Balaban J connectivity index is 1.73. The van der Waals surface area contributed by atoms with Crippen molar-refractivity contribution in [1.29, 1.82) is 0 Å². The van der Waals surface area contributed by atoms with Crippen molar-refractivity contribution in [2.75, 3.05) is 32.4 Å². The molecule has 0 N–H and O–H groups in total. The number of hydrogen-bond donors (Lipinski definition) is 0. The van der Waals surface area contributed by atoms with Gasteiger partial charge < -0.3 is 9.64 Å². The molecule has 2 heterocycles. The van der Waals surface area contributed by atoms with E-state index in [0.717, 1.165) is 41.6 Å². The summed E-state index contributed by atoms with van der Waals surface area (Å²) in [6.45, 7) is 2.35. The average molecular weight is 371 g/mol. The Labute approximate surface area is 153 Å². The third-order valence-electron chi connectivity index (χ3n) is 4.66. The van der Waals surface area contributed by atoms with Gasteiger partial charge in [0.05, 0.1) is 11.8 Å². The highest BCUT2D eigenvalue weighted by Crippen LogP contribution is 2.37. The summed E-state index contributed by atoms with van der Waals surface area (Å²) in [7, 11) is -3.18. The maximum Gasteiger partial charge on any atom is 0.211 e. The van der Waals surface area contributed by atoms with Crippen LogP contribution >= 0.6 is 0 Å². The molecule has 4 rings (SSSR count). The van der Waals surface area contributed by atoms with Crippen molar-refractivity contribution in [2.24, 2.45) is 4.99 Å².